The van der Waals surface area contributed by atoms with E-state index in [0.717, 1.165) is 43.9 Å². The number of nitro groups is 2. The predicted octanol–water partition coefficient (Wildman–Crippen LogP) is 4.03. The number of anilines is 1. The zero-order chi connectivity index (χ0) is 18.9. The standard InChI is InChI=1S/C17H22N4O5/c1-11-10-17(26-12(11)2)8-4-3-5-16(17)19-18-14-7-6-13(20(22)23)9-15(14)21(24)25/h6-7,9,11-12,18H,3-5,8,10H2,1-2H3/b19-16+/t11-,12+,17?/m1/s1. The third-order valence-electron chi connectivity index (χ3n) is 5.33. The first-order valence-corrected chi connectivity index (χ1v) is 8.76. The van der Waals surface area contributed by atoms with Crippen molar-refractivity contribution in [2.75, 3.05) is 5.43 Å². The summed E-state index contributed by atoms with van der Waals surface area (Å²) in [7, 11) is 0. The zero-order valence-electron chi connectivity index (χ0n) is 14.8. The second kappa shape index (κ2) is 6.99. The quantitative estimate of drug-likeness (QED) is 0.638. The summed E-state index contributed by atoms with van der Waals surface area (Å²) in [6.07, 6.45) is 4.76. The molecule has 3 rings (SSSR count). The molecule has 1 spiro atoms. The summed E-state index contributed by atoms with van der Waals surface area (Å²) in [4.78, 5) is 20.8. The second-order valence-electron chi connectivity index (χ2n) is 7.09. The Hall–Kier alpha value is -2.55. The van der Waals surface area contributed by atoms with Gasteiger partial charge in [-0.25, -0.2) is 0 Å². The van der Waals surface area contributed by atoms with Crippen molar-refractivity contribution in [2.24, 2.45) is 11.0 Å². The average Bonchev–Trinajstić information content (AvgIpc) is 2.88. The summed E-state index contributed by atoms with van der Waals surface area (Å²) < 4.78 is 6.24. The van der Waals surface area contributed by atoms with E-state index in [-0.39, 0.29) is 23.2 Å². The third kappa shape index (κ3) is 3.39. The lowest BCUT2D eigenvalue weighted by Crippen LogP contribution is -2.41. The van der Waals surface area contributed by atoms with Crippen molar-refractivity contribution in [3.05, 3.63) is 38.4 Å². The van der Waals surface area contributed by atoms with E-state index < -0.39 is 15.4 Å². The fourth-order valence-electron chi connectivity index (χ4n) is 3.79. The lowest BCUT2D eigenvalue weighted by atomic mass is 9.79. The molecule has 140 valence electrons. The van der Waals surface area contributed by atoms with Crippen LogP contribution in [0.5, 0.6) is 0 Å². The number of nitro benzene ring substituents is 2. The van der Waals surface area contributed by atoms with E-state index in [1.807, 2.05) is 0 Å². The van der Waals surface area contributed by atoms with Crippen LogP contribution in [0.25, 0.3) is 0 Å². The molecule has 26 heavy (non-hydrogen) atoms. The SMILES string of the molecule is C[C@@H]1CC2(CCCC/C2=N\Nc2ccc([N+](=O)[O-])cc2[N+](=O)[O-])O[C@H]1C. The number of benzene rings is 1. The Kier molecular flexibility index (Phi) is 4.90. The fourth-order valence-corrected chi connectivity index (χ4v) is 3.79. The van der Waals surface area contributed by atoms with Gasteiger partial charge in [-0.3, -0.25) is 25.7 Å². The second-order valence-corrected chi connectivity index (χ2v) is 7.09. The van der Waals surface area contributed by atoms with Crippen LogP contribution < -0.4 is 5.43 Å². The minimum atomic E-state index is -0.659. The van der Waals surface area contributed by atoms with E-state index in [4.69, 9.17) is 4.74 Å². The minimum Gasteiger partial charge on any atom is -0.366 e. The van der Waals surface area contributed by atoms with Crippen LogP contribution in [0.15, 0.2) is 23.3 Å². The highest BCUT2D eigenvalue weighted by Gasteiger charge is 2.47. The highest BCUT2D eigenvalue weighted by Crippen LogP contribution is 2.43. The normalized spacial score (nSPS) is 29.8. The van der Waals surface area contributed by atoms with E-state index in [2.05, 4.69) is 24.4 Å². The molecular weight excluding hydrogens is 340 g/mol. The number of rotatable bonds is 4. The van der Waals surface area contributed by atoms with E-state index in [9.17, 15) is 20.2 Å². The summed E-state index contributed by atoms with van der Waals surface area (Å²) >= 11 is 0. The van der Waals surface area contributed by atoms with Gasteiger partial charge in [-0.15, -0.1) is 0 Å². The van der Waals surface area contributed by atoms with Crippen LogP contribution in [0.3, 0.4) is 0 Å². The molecule has 1 saturated heterocycles. The van der Waals surface area contributed by atoms with Crippen LogP contribution >= 0.6 is 0 Å². The van der Waals surface area contributed by atoms with Crippen LogP contribution in [0.1, 0.15) is 46.0 Å². The number of hydrogen-bond donors (Lipinski definition) is 1. The van der Waals surface area contributed by atoms with Crippen molar-refractivity contribution in [3.63, 3.8) is 0 Å². The molecule has 0 amide bonds. The van der Waals surface area contributed by atoms with Gasteiger partial charge in [-0.1, -0.05) is 6.92 Å². The van der Waals surface area contributed by atoms with Gasteiger partial charge < -0.3 is 4.74 Å². The van der Waals surface area contributed by atoms with Gasteiger partial charge in [0.2, 0.25) is 0 Å². The molecule has 2 aliphatic rings. The molecule has 3 atom stereocenters. The van der Waals surface area contributed by atoms with Crippen LogP contribution in [0.4, 0.5) is 17.1 Å². The van der Waals surface area contributed by atoms with Gasteiger partial charge >= 0.3 is 5.69 Å². The lowest BCUT2D eigenvalue weighted by Gasteiger charge is -2.34. The largest absolute Gasteiger partial charge is 0.366 e. The molecule has 1 aromatic carbocycles. The molecule has 1 heterocycles. The molecular formula is C17H22N4O5. The molecule has 9 heteroatoms. The highest BCUT2D eigenvalue weighted by atomic mass is 16.6. The predicted molar refractivity (Wildman–Crippen MR) is 96.3 cm³/mol. The summed E-state index contributed by atoms with van der Waals surface area (Å²) in [6, 6.07) is 3.48. The van der Waals surface area contributed by atoms with E-state index >= 15 is 0 Å². The third-order valence-corrected chi connectivity index (χ3v) is 5.33. The number of hydrogen-bond acceptors (Lipinski definition) is 7. The number of nitrogens with one attached hydrogen (secondary N) is 1. The topological polar surface area (TPSA) is 120 Å². The molecule has 0 bridgehead atoms. The number of ether oxygens (including phenoxy) is 1. The summed E-state index contributed by atoms with van der Waals surface area (Å²) in [5.74, 6) is 0.423. The van der Waals surface area contributed by atoms with Crippen molar-refractivity contribution in [1.82, 2.24) is 0 Å². The highest BCUT2D eigenvalue weighted by molar-refractivity contribution is 5.94. The number of nitrogens with zero attached hydrogens (tertiary/aromatic N) is 3. The lowest BCUT2D eigenvalue weighted by molar-refractivity contribution is -0.393. The van der Waals surface area contributed by atoms with Gasteiger partial charge in [0.1, 0.15) is 11.3 Å². The number of non-ortho nitro benzene ring substituents is 1. The maximum Gasteiger partial charge on any atom is 0.301 e. The fraction of sp³-hybridized carbons (Fsp3) is 0.588. The van der Waals surface area contributed by atoms with Gasteiger partial charge in [0.05, 0.1) is 27.7 Å². The first-order valence-electron chi connectivity index (χ1n) is 8.76. The maximum atomic E-state index is 11.3. The van der Waals surface area contributed by atoms with Gasteiger partial charge in [-0.05, 0) is 51.0 Å². The summed E-state index contributed by atoms with van der Waals surface area (Å²) in [5, 5.41) is 26.5. The van der Waals surface area contributed by atoms with E-state index in [1.54, 1.807) is 0 Å². The Morgan fingerprint density at radius 1 is 1.23 bits per heavy atom. The Balaban J connectivity index is 1.88. The van der Waals surface area contributed by atoms with Gasteiger partial charge in [-0.2, -0.15) is 5.10 Å². The Morgan fingerprint density at radius 2 is 2.00 bits per heavy atom. The average molecular weight is 362 g/mol. The van der Waals surface area contributed by atoms with Crippen LogP contribution in [-0.4, -0.2) is 27.3 Å². The Labute approximate surface area is 150 Å². The molecule has 1 N–H and O–H groups in total. The molecule has 1 saturated carbocycles. The Bertz CT molecular complexity index is 754. The molecule has 0 radical (unpaired) electrons. The van der Waals surface area contributed by atoms with Crippen molar-refractivity contribution in [2.45, 2.75) is 57.7 Å². The van der Waals surface area contributed by atoms with Gasteiger partial charge in [0.15, 0.2) is 0 Å². The zero-order valence-corrected chi connectivity index (χ0v) is 14.8. The van der Waals surface area contributed by atoms with E-state index in [0.29, 0.717) is 5.92 Å². The molecule has 1 aliphatic heterocycles. The summed E-state index contributed by atoms with van der Waals surface area (Å²) in [6.45, 7) is 4.21. The number of hydrazone groups is 1. The Morgan fingerprint density at radius 3 is 2.62 bits per heavy atom. The molecule has 1 aliphatic carbocycles. The van der Waals surface area contributed by atoms with Crippen LogP contribution in [0, 0.1) is 26.1 Å². The molecule has 1 aromatic rings. The molecule has 2 fully saturated rings. The monoisotopic (exact) mass is 362 g/mol. The van der Waals surface area contributed by atoms with E-state index in [1.165, 1.54) is 12.1 Å². The smallest absolute Gasteiger partial charge is 0.301 e. The van der Waals surface area contributed by atoms with Crippen LogP contribution in [-0.2, 0) is 4.74 Å². The molecule has 0 aromatic heterocycles. The van der Waals surface area contributed by atoms with Gasteiger partial charge in [0.25, 0.3) is 5.69 Å². The van der Waals surface area contributed by atoms with Crippen LogP contribution in [0.2, 0.25) is 0 Å². The molecule has 9 nitrogen and oxygen atoms in total. The molecule has 1 unspecified atom stereocenters. The van der Waals surface area contributed by atoms with Gasteiger partial charge in [0, 0.05) is 6.07 Å². The van der Waals surface area contributed by atoms with Crippen molar-refractivity contribution in [3.8, 4) is 0 Å². The summed E-state index contributed by atoms with van der Waals surface area (Å²) in [5.41, 5.74) is 2.65. The first-order chi connectivity index (χ1) is 12.3. The minimum absolute atomic E-state index is 0.132. The van der Waals surface area contributed by atoms with Crippen molar-refractivity contribution < 1.29 is 14.6 Å². The van der Waals surface area contributed by atoms with Crippen molar-refractivity contribution >= 4 is 22.8 Å². The first kappa shape index (κ1) is 18.2. The van der Waals surface area contributed by atoms with Crippen molar-refractivity contribution in [1.29, 1.82) is 0 Å². The maximum absolute atomic E-state index is 11.3.